The number of ether oxygens (including phenoxy) is 1. The van der Waals surface area contributed by atoms with E-state index in [4.69, 9.17) is 4.74 Å². The minimum Gasteiger partial charge on any atom is -0.465 e. The molecule has 0 aliphatic carbocycles. The molecule has 2 rings (SSSR count). The minimum atomic E-state index is -0.674. The summed E-state index contributed by atoms with van der Waals surface area (Å²) in [6.07, 6.45) is 4.34. The maximum atomic E-state index is 11.5. The van der Waals surface area contributed by atoms with E-state index in [1.807, 2.05) is 36.4 Å². The van der Waals surface area contributed by atoms with Crippen molar-refractivity contribution in [3.8, 4) is 0 Å². The Morgan fingerprint density at radius 3 is 2.30 bits per heavy atom. The summed E-state index contributed by atoms with van der Waals surface area (Å²) in [5.41, 5.74) is 2.30. The van der Waals surface area contributed by atoms with Crippen LogP contribution in [0, 0.1) is 0 Å². The number of aliphatic hydroxyl groups is 1. The van der Waals surface area contributed by atoms with Gasteiger partial charge in [0.15, 0.2) is 0 Å². The van der Waals surface area contributed by atoms with E-state index in [2.05, 4.69) is 13.0 Å². The highest BCUT2D eigenvalue weighted by Gasteiger charge is 2.20. The van der Waals surface area contributed by atoms with E-state index in [-0.39, 0.29) is 11.9 Å². The van der Waals surface area contributed by atoms with Crippen molar-refractivity contribution in [1.82, 2.24) is 0 Å². The third-order valence-corrected chi connectivity index (χ3v) is 3.78. The van der Waals surface area contributed by atoms with Crippen LogP contribution in [0.5, 0.6) is 0 Å². The van der Waals surface area contributed by atoms with E-state index in [1.54, 1.807) is 24.3 Å². The van der Waals surface area contributed by atoms with Gasteiger partial charge in [-0.3, -0.25) is 0 Å². The van der Waals surface area contributed by atoms with Crippen molar-refractivity contribution < 1.29 is 14.6 Å². The van der Waals surface area contributed by atoms with Crippen LogP contribution in [-0.2, 0) is 4.74 Å². The molecule has 0 aliphatic heterocycles. The van der Waals surface area contributed by atoms with Crippen molar-refractivity contribution in [3.05, 3.63) is 83.4 Å². The van der Waals surface area contributed by atoms with Gasteiger partial charge in [0.2, 0.25) is 0 Å². The maximum Gasteiger partial charge on any atom is 0.337 e. The van der Waals surface area contributed by atoms with Gasteiger partial charge >= 0.3 is 5.97 Å². The van der Waals surface area contributed by atoms with Crippen LogP contribution < -0.4 is 0 Å². The molecule has 0 bridgehead atoms. The monoisotopic (exact) mass is 310 g/mol. The van der Waals surface area contributed by atoms with Crippen LogP contribution in [0.4, 0.5) is 0 Å². The largest absolute Gasteiger partial charge is 0.465 e. The second kappa shape index (κ2) is 8.30. The minimum absolute atomic E-state index is 0.125. The van der Waals surface area contributed by atoms with Gasteiger partial charge in [-0.25, -0.2) is 4.79 Å². The Labute approximate surface area is 137 Å². The summed E-state index contributed by atoms with van der Waals surface area (Å²) in [6.45, 7) is 2.07. The van der Waals surface area contributed by atoms with Gasteiger partial charge < -0.3 is 9.84 Å². The lowest BCUT2D eigenvalue weighted by Crippen LogP contribution is -2.09. The third kappa shape index (κ3) is 4.30. The van der Waals surface area contributed by atoms with Gasteiger partial charge in [-0.05, 0) is 29.7 Å². The SMILES string of the molecule is CC/C=C/C(c1ccccc1)C(O)c1ccc(C(=O)OC)cc1. The molecule has 0 saturated carbocycles. The van der Waals surface area contributed by atoms with Gasteiger partial charge in [-0.2, -0.15) is 0 Å². The van der Waals surface area contributed by atoms with Gasteiger partial charge in [-0.15, -0.1) is 0 Å². The molecule has 0 aromatic heterocycles. The van der Waals surface area contributed by atoms with E-state index in [0.29, 0.717) is 5.56 Å². The van der Waals surface area contributed by atoms with Gasteiger partial charge in [0.05, 0.1) is 18.8 Å². The molecule has 0 fully saturated rings. The molecule has 2 aromatic carbocycles. The number of carbonyl (C=O) groups is 1. The number of hydrogen-bond donors (Lipinski definition) is 1. The molecule has 3 heteroatoms. The van der Waals surface area contributed by atoms with Crippen LogP contribution in [0.1, 0.15) is 46.9 Å². The molecular formula is C20H22O3. The second-order valence-electron chi connectivity index (χ2n) is 5.33. The lowest BCUT2D eigenvalue weighted by molar-refractivity contribution is 0.0600. The molecular weight excluding hydrogens is 288 g/mol. The Kier molecular flexibility index (Phi) is 6.12. The summed E-state index contributed by atoms with van der Waals surface area (Å²) in [7, 11) is 1.35. The summed E-state index contributed by atoms with van der Waals surface area (Å²) in [6, 6.07) is 16.8. The van der Waals surface area contributed by atoms with Crippen molar-refractivity contribution >= 4 is 5.97 Å². The lowest BCUT2D eigenvalue weighted by atomic mass is 9.88. The number of benzene rings is 2. The summed E-state index contributed by atoms with van der Waals surface area (Å²) >= 11 is 0. The molecule has 2 aromatic rings. The number of allylic oxidation sites excluding steroid dienone is 1. The highest BCUT2D eigenvalue weighted by Crippen LogP contribution is 2.32. The lowest BCUT2D eigenvalue weighted by Gasteiger charge is -2.21. The van der Waals surface area contributed by atoms with E-state index in [0.717, 1.165) is 17.5 Å². The molecule has 1 N–H and O–H groups in total. The van der Waals surface area contributed by atoms with Gasteiger partial charge in [0.1, 0.15) is 0 Å². The number of esters is 1. The molecule has 0 aliphatic rings. The summed E-state index contributed by atoms with van der Waals surface area (Å²) < 4.78 is 4.69. The quantitative estimate of drug-likeness (QED) is 0.640. The first-order valence-electron chi connectivity index (χ1n) is 7.75. The molecule has 3 nitrogen and oxygen atoms in total. The zero-order valence-corrected chi connectivity index (χ0v) is 13.5. The molecule has 0 amide bonds. The smallest absolute Gasteiger partial charge is 0.337 e. The Balaban J connectivity index is 2.28. The first kappa shape index (κ1) is 17.0. The predicted octanol–water partition coefficient (Wildman–Crippen LogP) is 4.26. The molecule has 2 atom stereocenters. The predicted molar refractivity (Wildman–Crippen MR) is 91.4 cm³/mol. The van der Waals surface area contributed by atoms with Crippen LogP contribution in [0.15, 0.2) is 66.7 Å². The highest BCUT2D eigenvalue weighted by molar-refractivity contribution is 5.89. The van der Waals surface area contributed by atoms with E-state index >= 15 is 0 Å². The van der Waals surface area contributed by atoms with Crippen molar-refractivity contribution in [2.45, 2.75) is 25.4 Å². The van der Waals surface area contributed by atoms with E-state index < -0.39 is 6.10 Å². The van der Waals surface area contributed by atoms with Crippen molar-refractivity contribution in [2.24, 2.45) is 0 Å². The molecule has 0 heterocycles. The standard InChI is InChI=1S/C20H22O3/c1-3-4-10-18(15-8-6-5-7-9-15)19(21)16-11-13-17(14-12-16)20(22)23-2/h4-14,18-19,21H,3H2,1-2H3/b10-4+. The average molecular weight is 310 g/mol. The number of carbonyl (C=O) groups excluding carboxylic acids is 1. The fourth-order valence-electron chi connectivity index (χ4n) is 2.50. The number of methoxy groups -OCH3 is 1. The number of rotatable bonds is 6. The fourth-order valence-corrected chi connectivity index (χ4v) is 2.50. The number of aliphatic hydroxyl groups excluding tert-OH is 1. The Morgan fingerprint density at radius 1 is 1.09 bits per heavy atom. The van der Waals surface area contributed by atoms with Crippen LogP contribution in [0.2, 0.25) is 0 Å². The normalized spacial score (nSPS) is 13.7. The van der Waals surface area contributed by atoms with Crippen LogP contribution in [-0.4, -0.2) is 18.2 Å². The Bertz CT molecular complexity index is 644. The van der Waals surface area contributed by atoms with E-state index in [9.17, 15) is 9.90 Å². The fraction of sp³-hybridized carbons (Fsp3) is 0.250. The molecule has 0 spiro atoms. The topological polar surface area (TPSA) is 46.5 Å². The van der Waals surface area contributed by atoms with Crippen LogP contribution >= 0.6 is 0 Å². The molecule has 23 heavy (non-hydrogen) atoms. The van der Waals surface area contributed by atoms with Crippen molar-refractivity contribution in [3.63, 3.8) is 0 Å². The Morgan fingerprint density at radius 2 is 1.74 bits per heavy atom. The summed E-state index contributed by atoms with van der Waals surface area (Å²) in [5, 5.41) is 10.8. The van der Waals surface area contributed by atoms with Crippen molar-refractivity contribution in [1.29, 1.82) is 0 Å². The zero-order chi connectivity index (χ0) is 16.7. The average Bonchev–Trinajstić information content (AvgIpc) is 2.62. The molecule has 120 valence electrons. The van der Waals surface area contributed by atoms with Gasteiger partial charge in [0.25, 0.3) is 0 Å². The summed E-state index contributed by atoms with van der Waals surface area (Å²) in [4.78, 5) is 11.5. The maximum absolute atomic E-state index is 11.5. The first-order valence-corrected chi connectivity index (χ1v) is 7.75. The van der Waals surface area contributed by atoms with Gasteiger partial charge in [-0.1, -0.05) is 61.5 Å². The van der Waals surface area contributed by atoms with Crippen molar-refractivity contribution in [2.75, 3.05) is 7.11 Å². The zero-order valence-electron chi connectivity index (χ0n) is 13.5. The van der Waals surface area contributed by atoms with Gasteiger partial charge in [0, 0.05) is 5.92 Å². The van der Waals surface area contributed by atoms with E-state index in [1.165, 1.54) is 7.11 Å². The molecule has 0 radical (unpaired) electrons. The first-order chi connectivity index (χ1) is 11.2. The molecule has 0 saturated heterocycles. The highest BCUT2D eigenvalue weighted by atomic mass is 16.5. The third-order valence-electron chi connectivity index (χ3n) is 3.78. The molecule has 2 unspecified atom stereocenters. The second-order valence-corrected chi connectivity index (χ2v) is 5.33. The summed E-state index contributed by atoms with van der Waals surface area (Å²) in [5.74, 6) is -0.503. The van der Waals surface area contributed by atoms with Crippen LogP contribution in [0.25, 0.3) is 0 Å². The van der Waals surface area contributed by atoms with Crippen LogP contribution in [0.3, 0.4) is 0 Å². The Hall–Kier alpha value is -2.39. The number of hydrogen-bond acceptors (Lipinski definition) is 3.